The number of carboxylic acids is 1. The number of rotatable bonds is 7. The zero-order valence-corrected chi connectivity index (χ0v) is 13.0. The van der Waals surface area contributed by atoms with Crippen LogP contribution in [-0.4, -0.2) is 30.3 Å². The molecule has 4 heteroatoms. The molecule has 0 amide bonds. The monoisotopic (exact) mass is 291 g/mol. The van der Waals surface area contributed by atoms with Gasteiger partial charge in [-0.2, -0.15) is 0 Å². The molecule has 0 aliphatic heterocycles. The molecular formula is C17H25NO3. The van der Waals surface area contributed by atoms with Crippen LogP contribution in [0, 0.1) is 5.92 Å². The number of carboxylic acid groups (broad SMARTS) is 1. The van der Waals surface area contributed by atoms with Gasteiger partial charge < -0.3 is 15.2 Å². The number of aliphatic carboxylic acids is 1. The number of hydrogen-bond donors (Lipinski definition) is 2. The molecule has 1 saturated carbocycles. The highest BCUT2D eigenvalue weighted by atomic mass is 16.5. The van der Waals surface area contributed by atoms with Crippen LogP contribution in [0.2, 0.25) is 0 Å². The molecule has 1 aliphatic carbocycles. The Labute approximate surface area is 126 Å². The van der Waals surface area contributed by atoms with Gasteiger partial charge in [0.05, 0.1) is 7.11 Å². The fourth-order valence-electron chi connectivity index (χ4n) is 2.92. The maximum Gasteiger partial charge on any atom is 0.320 e. The Balaban J connectivity index is 1.86. The molecule has 0 radical (unpaired) electrons. The van der Waals surface area contributed by atoms with Gasteiger partial charge in [0, 0.05) is 6.04 Å². The van der Waals surface area contributed by atoms with Crippen LogP contribution in [0.5, 0.6) is 5.75 Å². The molecule has 1 fully saturated rings. The molecule has 0 saturated heterocycles. The lowest BCUT2D eigenvalue weighted by molar-refractivity contribution is -0.140. The van der Waals surface area contributed by atoms with Gasteiger partial charge in [0.15, 0.2) is 0 Å². The molecule has 21 heavy (non-hydrogen) atoms. The molecule has 0 heterocycles. The fourth-order valence-corrected chi connectivity index (χ4v) is 2.92. The van der Waals surface area contributed by atoms with Gasteiger partial charge in [-0.25, -0.2) is 0 Å². The van der Waals surface area contributed by atoms with Crippen molar-refractivity contribution in [1.29, 1.82) is 0 Å². The SMILES string of the molecule is COc1cccc(C2CC(NC(CC(C)C)C(=O)O)C2)c1. The topological polar surface area (TPSA) is 58.6 Å². The Morgan fingerprint density at radius 3 is 2.71 bits per heavy atom. The van der Waals surface area contributed by atoms with Crippen molar-refractivity contribution in [3.05, 3.63) is 29.8 Å². The van der Waals surface area contributed by atoms with Crippen molar-refractivity contribution < 1.29 is 14.6 Å². The maximum absolute atomic E-state index is 11.3. The highest BCUT2D eigenvalue weighted by Crippen LogP contribution is 2.38. The van der Waals surface area contributed by atoms with Crippen LogP contribution in [0.15, 0.2) is 24.3 Å². The average molecular weight is 291 g/mol. The lowest BCUT2D eigenvalue weighted by Crippen LogP contribution is -2.49. The molecule has 116 valence electrons. The number of nitrogens with one attached hydrogen (secondary N) is 1. The molecule has 0 aromatic heterocycles. The van der Waals surface area contributed by atoms with Gasteiger partial charge in [0.25, 0.3) is 0 Å². The van der Waals surface area contributed by atoms with Crippen LogP contribution in [0.25, 0.3) is 0 Å². The van der Waals surface area contributed by atoms with E-state index in [9.17, 15) is 9.90 Å². The van der Waals surface area contributed by atoms with Crippen LogP contribution in [-0.2, 0) is 4.79 Å². The van der Waals surface area contributed by atoms with Crippen molar-refractivity contribution >= 4 is 5.97 Å². The normalized spacial score (nSPS) is 22.7. The van der Waals surface area contributed by atoms with Crippen molar-refractivity contribution in [3.8, 4) is 5.75 Å². The summed E-state index contributed by atoms with van der Waals surface area (Å²) < 4.78 is 5.25. The van der Waals surface area contributed by atoms with E-state index in [1.807, 2.05) is 12.1 Å². The Kier molecular flexibility index (Phi) is 5.23. The van der Waals surface area contributed by atoms with Gasteiger partial charge in [0.2, 0.25) is 0 Å². The number of hydrogen-bond acceptors (Lipinski definition) is 3. The smallest absolute Gasteiger partial charge is 0.320 e. The minimum Gasteiger partial charge on any atom is -0.497 e. The summed E-state index contributed by atoms with van der Waals surface area (Å²) in [6.07, 6.45) is 2.67. The van der Waals surface area contributed by atoms with E-state index in [1.165, 1.54) is 5.56 Å². The van der Waals surface area contributed by atoms with Crippen molar-refractivity contribution in [3.63, 3.8) is 0 Å². The number of benzene rings is 1. The molecular weight excluding hydrogens is 266 g/mol. The van der Waals surface area contributed by atoms with E-state index in [2.05, 4.69) is 31.3 Å². The molecule has 2 rings (SSSR count). The quantitative estimate of drug-likeness (QED) is 0.810. The Morgan fingerprint density at radius 1 is 1.43 bits per heavy atom. The highest BCUT2D eigenvalue weighted by Gasteiger charge is 2.33. The zero-order valence-electron chi connectivity index (χ0n) is 13.0. The first-order valence-electron chi connectivity index (χ1n) is 7.62. The first kappa shape index (κ1) is 15.8. The van der Waals surface area contributed by atoms with Crippen LogP contribution in [0.3, 0.4) is 0 Å². The number of methoxy groups -OCH3 is 1. The summed E-state index contributed by atoms with van der Waals surface area (Å²) in [5, 5.41) is 12.5. The second kappa shape index (κ2) is 6.94. The van der Waals surface area contributed by atoms with E-state index in [-0.39, 0.29) is 0 Å². The second-order valence-corrected chi connectivity index (χ2v) is 6.33. The third kappa shape index (κ3) is 4.21. The molecule has 4 nitrogen and oxygen atoms in total. The predicted molar refractivity (Wildman–Crippen MR) is 82.8 cm³/mol. The van der Waals surface area contributed by atoms with Gasteiger partial charge >= 0.3 is 5.97 Å². The number of carbonyl (C=O) groups is 1. The molecule has 0 bridgehead atoms. The average Bonchev–Trinajstić information content (AvgIpc) is 2.40. The standard InChI is InChI=1S/C17H25NO3/c1-11(2)7-16(17(19)20)18-14-8-13(9-14)12-5-4-6-15(10-12)21-3/h4-6,10-11,13-14,16,18H,7-9H2,1-3H3,(H,19,20). The summed E-state index contributed by atoms with van der Waals surface area (Å²) in [5.74, 6) is 1.03. The second-order valence-electron chi connectivity index (χ2n) is 6.33. The largest absolute Gasteiger partial charge is 0.497 e. The number of ether oxygens (including phenoxy) is 1. The van der Waals surface area contributed by atoms with Crippen molar-refractivity contribution in [1.82, 2.24) is 5.32 Å². The third-order valence-electron chi connectivity index (χ3n) is 4.15. The molecule has 0 spiro atoms. The van der Waals surface area contributed by atoms with Gasteiger partial charge in [-0.05, 0) is 48.8 Å². The van der Waals surface area contributed by atoms with Gasteiger partial charge in [-0.15, -0.1) is 0 Å². The molecule has 1 aromatic carbocycles. The summed E-state index contributed by atoms with van der Waals surface area (Å²) in [5.41, 5.74) is 1.28. The summed E-state index contributed by atoms with van der Waals surface area (Å²) in [6.45, 7) is 4.11. The summed E-state index contributed by atoms with van der Waals surface area (Å²) in [7, 11) is 1.67. The predicted octanol–water partition coefficient (Wildman–Crippen LogP) is 3.03. The first-order chi connectivity index (χ1) is 9.99. The molecule has 1 unspecified atom stereocenters. The van der Waals surface area contributed by atoms with E-state index in [0.717, 1.165) is 18.6 Å². The Morgan fingerprint density at radius 2 is 2.14 bits per heavy atom. The van der Waals surface area contributed by atoms with E-state index in [0.29, 0.717) is 24.3 Å². The van der Waals surface area contributed by atoms with Gasteiger partial charge in [-0.1, -0.05) is 26.0 Å². The van der Waals surface area contributed by atoms with Crippen molar-refractivity contribution in [2.75, 3.05) is 7.11 Å². The van der Waals surface area contributed by atoms with E-state index in [1.54, 1.807) is 7.11 Å². The van der Waals surface area contributed by atoms with Gasteiger partial charge in [0.1, 0.15) is 11.8 Å². The summed E-state index contributed by atoms with van der Waals surface area (Å²) in [6, 6.07) is 8.02. The lowest BCUT2D eigenvalue weighted by atomic mass is 9.75. The zero-order chi connectivity index (χ0) is 15.4. The van der Waals surface area contributed by atoms with Crippen LogP contribution < -0.4 is 10.1 Å². The summed E-state index contributed by atoms with van der Waals surface area (Å²) in [4.78, 5) is 11.3. The van der Waals surface area contributed by atoms with E-state index in [4.69, 9.17) is 4.74 Å². The lowest BCUT2D eigenvalue weighted by Gasteiger charge is -2.38. The van der Waals surface area contributed by atoms with Gasteiger partial charge in [-0.3, -0.25) is 4.79 Å². The molecule has 1 aliphatic rings. The Bertz CT molecular complexity index is 481. The van der Waals surface area contributed by atoms with Crippen LogP contribution in [0.1, 0.15) is 44.6 Å². The first-order valence-corrected chi connectivity index (χ1v) is 7.62. The highest BCUT2D eigenvalue weighted by molar-refractivity contribution is 5.73. The third-order valence-corrected chi connectivity index (χ3v) is 4.15. The van der Waals surface area contributed by atoms with E-state index < -0.39 is 12.0 Å². The van der Waals surface area contributed by atoms with Crippen molar-refractivity contribution in [2.24, 2.45) is 5.92 Å². The van der Waals surface area contributed by atoms with E-state index >= 15 is 0 Å². The Hall–Kier alpha value is -1.55. The van der Waals surface area contributed by atoms with Crippen molar-refractivity contribution in [2.45, 2.75) is 51.1 Å². The molecule has 1 atom stereocenters. The maximum atomic E-state index is 11.3. The molecule has 2 N–H and O–H groups in total. The van der Waals surface area contributed by atoms with Crippen LogP contribution in [0.4, 0.5) is 0 Å². The van der Waals surface area contributed by atoms with Crippen LogP contribution >= 0.6 is 0 Å². The minimum atomic E-state index is -0.742. The fraction of sp³-hybridized carbons (Fsp3) is 0.588. The summed E-state index contributed by atoms with van der Waals surface area (Å²) >= 11 is 0. The minimum absolute atomic E-state index is 0.307. The molecule has 1 aromatic rings.